The number of benzene rings is 3. The van der Waals surface area contributed by atoms with Crippen molar-refractivity contribution in [3.8, 4) is 17.2 Å². The summed E-state index contributed by atoms with van der Waals surface area (Å²) in [6.45, 7) is 5.52. The number of nitrogens with one attached hydrogen (secondary N) is 1. The molecule has 42 heavy (non-hydrogen) atoms. The van der Waals surface area contributed by atoms with Crippen LogP contribution in [-0.2, 0) is 26.2 Å². The van der Waals surface area contributed by atoms with E-state index in [1.165, 1.54) is 37.3 Å². The Bertz CT molecular complexity index is 1450. The Morgan fingerprint density at radius 1 is 0.833 bits per heavy atom. The third kappa shape index (κ3) is 7.94. The van der Waals surface area contributed by atoms with Crippen LogP contribution in [-0.4, -0.2) is 65.6 Å². The Labute approximate surface area is 248 Å². The van der Waals surface area contributed by atoms with E-state index in [1.54, 1.807) is 68.6 Å². The van der Waals surface area contributed by atoms with E-state index >= 15 is 0 Å². The first-order valence-electron chi connectivity index (χ1n) is 13.5. The van der Waals surface area contributed by atoms with Gasteiger partial charge in [-0.1, -0.05) is 44.2 Å². The summed E-state index contributed by atoms with van der Waals surface area (Å²) in [5.74, 6) is 0.659. The fourth-order valence-electron chi connectivity index (χ4n) is 4.19. The van der Waals surface area contributed by atoms with Crippen LogP contribution in [0.5, 0.6) is 17.2 Å². The van der Waals surface area contributed by atoms with Gasteiger partial charge in [0.15, 0.2) is 11.5 Å². The van der Waals surface area contributed by atoms with E-state index in [0.717, 1.165) is 9.87 Å². The lowest BCUT2D eigenvalue weighted by atomic mass is 10.1. The van der Waals surface area contributed by atoms with Crippen LogP contribution in [0.3, 0.4) is 0 Å². The molecular weight excluding hydrogens is 558 g/mol. The van der Waals surface area contributed by atoms with Crippen molar-refractivity contribution in [2.24, 2.45) is 5.92 Å². The molecule has 0 radical (unpaired) electrons. The van der Waals surface area contributed by atoms with Crippen molar-refractivity contribution in [1.82, 2.24) is 10.2 Å². The fourth-order valence-corrected chi connectivity index (χ4v) is 5.62. The molecule has 0 spiro atoms. The number of methoxy groups -OCH3 is 3. The van der Waals surface area contributed by atoms with Gasteiger partial charge in [0.1, 0.15) is 18.3 Å². The Morgan fingerprint density at radius 2 is 1.48 bits per heavy atom. The van der Waals surface area contributed by atoms with E-state index in [4.69, 9.17) is 14.2 Å². The zero-order valence-electron chi connectivity index (χ0n) is 24.9. The summed E-state index contributed by atoms with van der Waals surface area (Å²) < 4.78 is 44.9. The molecule has 0 bridgehead atoms. The minimum Gasteiger partial charge on any atom is -0.497 e. The Morgan fingerprint density at radius 3 is 2.05 bits per heavy atom. The summed E-state index contributed by atoms with van der Waals surface area (Å²) in [5, 5.41) is 2.87. The summed E-state index contributed by atoms with van der Waals surface area (Å²) in [6.07, 6.45) is 0. The number of sulfonamides is 1. The number of hydrogen-bond acceptors (Lipinski definition) is 7. The van der Waals surface area contributed by atoms with Gasteiger partial charge < -0.3 is 24.4 Å². The van der Waals surface area contributed by atoms with E-state index in [1.807, 2.05) is 13.8 Å². The highest BCUT2D eigenvalue weighted by atomic mass is 32.2. The summed E-state index contributed by atoms with van der Waals surface area (Å²) in [7, 11) is 0.269. The van der Waals surface area contributed by atoms with Gasteiger partial charge in [0.2, 0.25) is 11.8 Å². The van der Waals surface area contributed by atoms with Crippen molar-refractivity contribution in [2.75, 3.05) is 38.7 Å². The van der Waals surface area contributed by atoms with E-state index in [9.17, 15) is 18.0 Å². The van der Waals surface area contributed by atoms with Crippen molar-refractivity contribution in [3.63, 3.8) is 0 Å². The van der Waals surface area contributed by atoms with Crippen LogP contribution < -0.4 is 23.8 Å². The highest BCUT2D eigenvalue weighted by molar-refractivity contribution is 7.92. The number of ether oxygens (including phenoxy) is 3. The molecule has 3 rings (SSSR count). The molecule has 10 nitrogen and oxygen atoms in total. The lowest BCUT2D eigenvalue weighted by Crippen LogP contribution is -2.51. The van der Waals surface area contributed by atoms with Gasteiger partial charge in [-0.3, -0.25) is 13.9 Å². The summed E-state index contributed by atoms with van der Waals surface area (Å²) >= 11 is 0. The van der Waals surface area contributed by atoms with Gasteiger partial charge in [-0.15, -0.1) is 0 Å². The smallest absolute Gasteiger partial charge is 0.264 e. The standard InChI is InChI=1S/C31H39N3O7S/c1-22(2)19-32-31(36)23(3)33(20-24-12-15-26(39-4)16-13-24)30(35)21-34(42(37,38)27-10-8-7-9-11-27)25-14-17-28(40-5)29(18-25)41-6/h7-18,22-23H,19-21H2,1-6H3,(H,32,36)/t23-/m1/s1. The summed E-state index contributed by atoms with van der Waals surface area (Å²) in [6, 6.07) is 18.7. The molecule has 1 atom stereocenters. The zero-order valence-corrected chi connectivity index (χ0v) is 25.7. The topological polar surface area (TPSA) is 114 Å². The number of carbonyl (C=O) groups excluding carboxylic acids is 2. The van der Waals surface area contributed by atoms with E-state index in [-0.39, 0.29) is 29.0 Å². The molecule has 0 aliphatic rings. The van der Waals surface area contributed by atoms with Gasteiger partial charge in [-0.25, -0.2) is 8.42 Å². The minimum absolute atomic E-state index is 0.0111. The van der Waals surface area contributed by atoms with E-state index in [2.05, 4.69) is 5.32 Å². The molecule has 1 N–H and O–H groups in total. The van der Waals surface area contributed by atoms with Crippen molar-refractivity contribution in [3.05, 3.63) is 78.4 Å². The van der Waals surface area contributed by atoms with Crippen LogP contribution in [0.25, 0.3) is 0 Å². The average molecular weight is 598 g/mol. The molecule has 0 aliphatic carbocycles. The number of anilines is 1. The molecule has 3 aromatic rings. The molecule has 226 valence electrons. The van der Waals surface area contributed by atoms with Gasteiger partial charge in [0.05, 0.1) is 31.9 Å². The van der Waals surface area contributed by atoms with Crippen molar-refractivity contribution < 1.29 is 32.2 Å². The van der Waals surface area contributed by atoms with Gasteiger partial charge in [0, 0.05) is 19.2 Å². The number of nitrogens with zero attached hydrogens (tertiary/aromatic N) is 2. The predicted molar refractivity (Wildman–Crippen MR) is 161 cm³/mol. The first kappa shape index (κ1) is 32.3. The van der Waals surface area contributed by atoms with Gasteiger partial charge in [-0.05, 0) is 54.8 Å². The average Bonchev–Trinajstić information content (AvgIpc) is 3.01. The van der Waals surface area contributed by atoms with Crippen LogP contribution in [0.4, 0.5) is 5.69 Å². The second kappa shape index (κ2) is 14.6. The molecule has 0 aliphatic heterocycles. The molecule has 11 heteroatoms. The first-order chi connectivity index (χ1) is 20.0. The SMILES string of the molecule is COc1ccc(CN(C(=O)CN(c2ccc(OC)c(OC)c2)S(=O)(=O)c2ccccc2)[C@H](C)C(=O)NCC(C)C)cc1. The fraction of sp³-hybridized carbons (Fsp3) is 0.355. The molecule has 0 aromatic heterocycles. The van der Waals surface area contributed by atoms with Crippen molar-refractivity contribution >= 4 is 27.5 Å². The van der Waals surface area contributed by atoms with Gasteiger partial charge in [0.25, 0.3) is 10.0 Å². The van der Waals surface area contributed by atoms with Crippen molar-refractivity contribution in [2.45, 2.75) is 38.3 Å². The van der Waals surface area contributed by atoms with Gasteiger partial charge in [-0.2, -0.15) is 0 Å². The maximum atomic E-state index is 14.1. The van der Waals surface area contributed by atoms with Gasteiger partial charge >= 0.3 is 0 Å². The lowest BCUT2D eigenvalue weighted by Gasteiger charge is -2.32. The molecule has 2 amide bonds. The third-order valence-electron chi connectivity index (χ3n) is 6.63. The molecule has 0 saturated carbocycles. The number of rotatable bonds is 14. The second-order valence-electron chi connectivity index (χ2n) is 10.0. The Hall–Kier alpha value is -4.25. The lowest BCUT2D eigenvalue weighted by molar-refractivity contribution is -0.139. The highest BCUT2D eigenvalue weighted by Gasteiger charge is 2.33. The number of hydrogen-bond donors (Lipinski definition) is 1. The molecule has 0 saturated heterocycles. The van der Waals surface area contributed by atoms with E-state index in [0.29, 0.717) is 23.8 Å². The first-order valence-corrected chi connectivity index (χ1v) is 15.0. The van der Waals surface area contributed by atoms with Crippen LogP contribution in [0.2, 0.25) is 0 Å². The molecule has 0 heterocycles. The second-order valence-corrected chi connectivity index (χ2v) is 11.9. The summed E-state index contributed by atoms with van der Waals surface area (Å²) in [4.78, 5) is 28.6. The Kier molecular flexibility index (Phi) is 11.2. The third-order valence-corrected chi connectivity index (χ3v) is 8.42. The molecule has 0 unspecified atom stereocenters. The largest absolute Gasteiger partial charge is 0.497 e. The van der Waals surface area contributed by atoms with Crippen LogP contribution in [0.15, 0.2) is 77.7 Å². The molecule has 0 fully saturated rings. The quantitative estimate of drug-likeness (QED) is 0.298. The summed E-state index contributed by atoms with van der Waals surface area (Å²) in [5.41, 5.74) is 0.947. The van der Waals surface area contributed by atoms with Crippen molar-refractivity contribution in [1.29, 1.82) is 0 Å². The minimum atomic E-state index is -4.20. The monoisotopic (exact) mass is 597 g/mol. The normalized spacial score (nSPS) is 11.9. The van der Waals surface area contributed by atoms with E-state index < -0.39 is 28.5 Å². The Balaban J connectivity index is 2.05. The maximum Gasteiger partial charge on any atom is 0.264 e. The van der Waals surface area contributed by atoms with Crippen LogP contribution >= 0.6 is 0 Å². The number of carbonyl (C=O) groups is 2. The zero-order chi connectivity index (χ0) is 30.9. The molecular formula is C31H39N3O7S. The predicted octanol–water partition coefficient (Wildman–Crippen LogP) is 4.10. The maximum absolute atomic E-state index is 14.1. The molecule has 3 aromatic carbocycles. The van der Waals surface area contributed by atoms with Crippen LogP contribution in [0, 0.1) is 5.92 Å². The van der Waals surface area contributed by atoms with Crippen LogP contribution in [0.1, 0.15) is 26.3 Å². The number of amides is 2. The highest BCUT2D eigenvalue weighted by Crippen LogP contribution is 2.34.